The minimum atomic E-state index is -0.839. The van der Waals surface area contributed by atoms with Crippen molar-refractivity contribution in [2.45, 2.75) is 45.8 Å². The number of aryl methyl sites for hydroxylation is 3. The molecule has 2 unspecified atom stereocenters. The number of carboxylic acids is 1. The van der Waals surface area contributed by atoms with E-state index in [1.54, 1.807) is 0 Å². The van der Waals surface area contributed by atoms with Gasteiger partial charge in [0.2, 0.25) is 0 Å². The Hall–Kier alpha value is -1.39. The molecule has 20 heavy (non-hydrogen) atoms. The monoisotopic (exact) mass is 277 g/mol. The van der Waals surface area contributed by atoms with Crippen LogP contribution >= 0.6 is 0 Å². The summed E-state index contributed by atoms with van der Waals surface area (Å²) >= 11 is 0. The van der Waals surface area contributed by atoms with E-state index in [4.69, 9.17) is 4.74 Å². The Kier molecular flexibility index (Phi) is 4.78. The van der Waals surface area contributed by atoms with E-state index in [2.05, 4.69) is 5.32 Å². The lowest BCUT2D eigenvalue weighted by molar-refractivity contribution is -0.139. The molecule has 1 aliphatic rings. The van der Waals surface area contributed by atoms with Crippen molar-refractivity contribution in [1.29, 1.82) is 0 Å². The third-order valence-electron chi connectivity index (χ3n) is 4.01. The molecule has 1 aromatic carbocycles. The van der Waals surface area contributed by atoms with Gasteiger partial charge in [-0.05, 0) is 55.9 Å². The summed E-state index contributed by atoms with van der Waals surface area (Å²) in [6.45, 7) is 7.39. The van der Waals surface area contributed by atoms with Crippen molar-refractivity contribution < 1.29 is 14.6 Å². The molecule has 0 amide bonds. The zero-order valence-electron chi connectivity index (χ0n) is 12.4. The maximum atomic E-state index is 11.5. The normalized spacial score (nSPS) is 20.1. The minimum absolute atomic E-state index is 0.142. The number of carbonyl (C=O) groups is 1. The second kappa shape index (κ2) is 6.37. The molecule has 1 heterocycles. The van der Waals surface area contributed by atoms with E-state index < -0.39 is 12.0 Å². The van der Waals surface area contributed by atoms with Crippen molar-refractivity contribution in [3.63, 3.8) is 0 Å². The highest BCUT2D eigenvalue weighted by Gasteiger charge is 2.24. The first-order valence-electron chi connectivity index (χ1n) is 7.14. The van der Waals surface area contributed by atoms with Crippen LogP contribution in [0.3, 0.4) is 0 Å². The van der Waals surface area contributed by atoms with E-state index in [0.717, 1.165) is 36.1 Å². The van der Waals surface area contributed by atoms with E-state index in [1.165, 1.54) is 5.56 Å². The molecule has 1 aliphatic heterocycles. The summed E-state index contributed by atoms with van der Waals surface area (Å²) < 4.78 is 5.54. The molecule has 2 N–H and O–H groups in total. The van der Waals surface area contributed by atoms with Gasteiger partial charge in [0.25, 0.3) is 0 Å². The van der Waals surface area contributed by atoms with Crippen LogP contribution in [-0.4, -0.2) is 30.3 Å². The zero-order valence-corrected chi connectivity index (χ0v) is 12.4. The molecule has 2 atom stereocenters. The molecule has 0 aliphatic carbocycles. The molecule has 2 rings (SSSR count). The Bertz CT molecular complexity index is 493. The highest BCUT2D eigenvalue weighted by Crippen LogP contribution is 2.23. The maximum absolute atomic E-state index is 11.5. The lowest BCUT2D eigenvalue weighted by Crippen LogP contribution is -2.35. The largest absolute Gasteiger partial charge is 0.480 e. The summed E-state index contributed by atoms with van der Waals surface area (Å²) in [5.41, 5.74) is 4.17. The molecule has 110 valence electrons. The molecular weight excluding hydrogens is 254 g/mol. The Morgan fingerprint density at radius 3 is 2.65 bits per heavy atom. The van der Waals surface area contributed by atoms with Crippen LogP contribution in [-0.2, 0) is 9.53 Å². The topological polar surface area (TPSA) is 58.6 Å². The van der Waals surface area contributed by atoms with Crippen LogP contribution in [0.25, 0.3) is 0 Å². The van der Waals surface area contributed by atoms with Gasteiger partial charge in [-0.3, -0.25) is 10.1 Å². The molecule has 1 saturated heterocycles. The number of hydrogen-bond donors (Lipinski definition) is 2. The molecule has 0 spiro atoms. The van der Waals surface area contributed by atoms with E-state index in [9.17, 15) is 9.90 Å². The molecule has 0 radical (unpaired) electrons. The van der Waals surface area contributed by atoms with Gasteiger partial charge in [-0.25, -0.2) is 0 Å². The van der Waals surface area contributed by atoms with Crippen molar-refractivity contribution in [2.24, 2.45) is 0 Å². The van der Waals surface area contributed by atoms with Crippen LogP contribution in [0.5, 0.6) is 0 Å². The van der Waals surface area contributed by atoms with Crippen LogP contribution in [0.15, 0.2) is 12.1 Å². The van der Waals surface area contributed by atoms with Gasteiger partial charge in [0.05, 0.1) is 6.10 Å². The van der Waals surface area contributed by atoms with Crippen LogP contribution < -0.4 is 5.32 Å². The van der Waals surface area contributed by atoms with Gasteiger partial charge < -0.3 is 9.84 Å². The number of nitrogens with one attached hydrogen (secondary N) is 1. The summed E-state index contributed by atoms with van der Waals surface area (Å²) in [6.07, 6.45) is 2.21. The van der Waals surface area contributed by atoms with E-state index in [-0.39, 0.29) is 6.10 Å². The second-order valence-electron chi connectivity index (χ2n) is 5.61. The number of benzene rings is 1. The summed E-state index contributed by atoms with van der Waals surface area (Å²) in [4.78, 5) is 11.5. The SMILES string of the molecule is Cc1cc(C)c(C(NCC2CCCO2)C(=O)O)cc1C. The summed E-state index contributed by atoms with van der Waals surface area (Å²) in [5, 5.41) is 12.6. The van der Waals surface area contributed by atoms with Gasteiger partial charge in [-0.2, -0.15) is 0 Å². The van der Waals surface area contributed by atoms with Gasteiger partial charge in [0.1, 0.15) is 6.04 Å². The minimum Gasteiger partial charge on any atom is -0.480 e. The second-order valence-corrected chi connectivity index (χ2v) is 5.61. The van der Waals surface area contributed by atoms with Crippen LogP contribution in [0.1, 0.15) is 41.1 Å². The lowest BCUT2D eigenvalue weighted by Gasteiger charge is -2.20. The molecule has 0 bridgehead atoms. The van der Waals surface area contributed by atoms with Gasteiger partial charge in [0.15, 0.2) is 0 Å². The number of carboxylic acid groups (broad SMARTS) is 1. The smallest absolute Gasteiger partial charge is 0.325 e. The molecule has 1 aromatic rings. The molecule has 0 aromatic heterocycles. The first-order chi connectivity index (χ1) is 9.49. The van der Waals surface area contributed by atoms with Crippen molar-refractivity contribution in [1.82, 2.24) is 5.32 Å². The van der Waals surface area contributed by atoms with E-state index in [1.807, 2.05) is 32.9 Å². The number of ether oxygens (including phenoxy) is 1. The Morgan fingerprint density at radius 2 is 2.05 bits per heavy atom. The first-order valence-corrected chi connectivity index (χ1v) is 7.14. The molecular formula is C16H23NO3. The van der Waals surface area contributed by atoms with Crippen molar-refractivity contribution >= 4 is 5.97 Å². The van der Waals surface area contributed by atoms with Gasteiger partial charge in [-0.15, -0.1) is 0 Å². The van der Waals surface area contributed by atoms with Crippen LogP contribution in [0.4, 0.5) is 0 Å². The third-order valence-corrected chi connectivity index (χ3v) is 4.01. The average Bonchev–Trinajstić information content (AvgIpc) is 2.88. The van der Waals surface area contributed by atoms with Gasteiger partial charge in [-0.1, -0.05) is 12.1 Å². The summed E-state index contributed by atoms with van der Waals surface area (Å²) in [6, 6.07) is 3.36. The Labute approximate surface area is 120 Å². The Balaban J connectivity index is 2.15. The third kappa shape index (κ3) is 3.38. The molecule has 4 nitrogen and oxygen atoms in total. The van der Waals surface area contributed by atoms with Gasteiger partial charge in [0, 0.05) is 13.2 Å². The average molecular weight is 277 g/mol. The van der Waals surface area contributed by atoms with Crippen LogP contribution in [0, 0.1) is 20.8 Å². The highest BCUT2D eigenvalue weighted by molar-refractivity contribution is 5.76. The Morgan fingerprint density at radius 1 is 1.35 bits per heavy atom. The molecule has 0 saturated carbocycles. The van der Waals surface area contributed by atoms with E-state index >= 15 is 0 Å². The predicted molar refractivity (Wildman–Crippen MR) is 78.0 cm³/mol. The summed E-state index contributed by atoms with van der Waals surface area (Å²) in [7, 11) is 0. The fourth-order valence-corrected chi connectivity index (χ4v) is 2.68. The van der Waals surface area contributed by atoms with Crippen LogP contribution in [0.2, 0.25) is 0 Å². The molecule has 1 fully saturated rings. The number of aliphatic carboxylic acids is 1. The van der Waals surface area contributed by atoms with Crippen molar-refractivity contribution in [3.05, 3.63) is 34.4 Å². The predicted octanol–water partition coefficient (Wildman–Crippen LogP) is 2.51. The van der Waals surface area contributed by atoms with Gasteiger partial charge >= 0.3 is 5.97 Å². The standard InChI is InChI=1S/C16H23NO3/c1-10-7-12(3)14(8-11(10)2)15(16(18)19)17-9-13-5-4-6-20-13/h7-8,13,15,17H,4-6,9H2,1-3H3,(H,18,19). The molecule has 4 heteroatoms. The highest BCUT2D eigenvalue weighted by atomic mass is 16.5. The maximum Gasteiger partial charge on any atom is 0.325 e. The lowest BCUT2D eigenvalue weighted by atomic mass is 9.95. The number of rotatable bonds is 5. The van der Waals surface area contributed by atoms with Crippen molar-refractivity contribution in [2.75, 3.05) is 13.2 Å². The number of hydrogen-bond acceptors (Lipinski definition) is 3. The first kappa shape index (κ1) is 15.0. The van der Waals surface area contributed by atoms with E-state index in [0.29, 0.717) is 6.54 Å². The fraction of sp³-hybridized carbons (Fsp3) is 0.562. The van der Waals surface area contributed by atoms with Crippen molar-refractivity contribution in [3.8, 4) is 0 Å². The quantitative estimate of drug-likeness (QED) is 0.868. The zero-order chi connectivity index (χ0) is 14.7. The summed E-state index contributed by atoms with van der Waals surface area (Å²) in [5.74, 6) is -0.839. The fourth-order valence-electron chi connectivity index (χ4n) is 2.68.